The Morgan fingerprint density at radius 3 is 2.82 bits per heavy atom. The molecule has 2 N–H and O–H groups in total. The first kappa shape index (κ1) is 13.3. The Hall–Kier alpha value is -0.120. The highest BCUT2D eigenvalue weighted by molar-refractivity contribution is 4.88. The van der Waals surface area contributed by atoms with Crippen LogP contribution in [0.2, 0.25) is 0 Å². The molecule has 0 saturated carbocycles. The summed E-state index contributed by atoms with van der Waals surface area (Å²) in [5.41, 5.74) is 6.49. The van der Waals surface area contributed by atoms with E-state index in [0.717, 1.165) is 19.8 Å². The first-order valence-corrected chi connectivity index (χ1v) is 7.14. The smallest absolute Gasteiger partial charge is 0.0509 e. The van der Waals surface area contributed by atoms with Crippen molar-refractivity contribution in [2.75, 3.05) is 32.8 Å². The molecule has 2 fully saturated rings. The summed E-state index contributed by atoms with van der Waals surface area (Å²) in [5.74, 6) is 0.655. The molecule has 2 heterocycles. The number of likely N-dealkylation sites (tertiary alicyclic amines) is 1. The van der Waals surface area contributed by atoms with Gasteiger partial charge in [-0.05, 0) is 43.6 Å². The van der Waals surface area contributed by atoms with Crippen LogP contribution in [-0.2, 0) is 4.74 Å². The maximum Gasteiger partial charge on any atom is 0.0509 e. The summed E-state index contributed by atoms with van der Waals surface area (Å²) in [5, 5.41) is 0. The van der Waals surface area contributed by atoms with E-state index in [1.54, 1.807) is 0 Å². The van der Waals surface area contributed by atoms with Crippen molar-refractivity contribution in [3.8, 4) is 0 Å². The molecule has 2 rings (SSSR count). The van der Waals surface area contributed by atoms with Gasteiger partial charge < -0.3 is 10.5 Å². The fourth-order valence-electron chi connectivity index (χ4n) is 3.46. The molecular formula is C14H28N2O. The second-order valence-electron chi connectivity index (χ2n) is 6.52. The van der Waals surface area contributed by atoms with E-state index in [9.17, 15) is 0 Å². The average molecular weight is 240 g/mol. The summed E-state index contributed by atoms with van der Waals surface area (Å²) in [6, 6.07) is 0.537. The Balaban J connectivity index is 1.96. The quantitative estimate of drug-likeness (QED) is 0.818. The van der Waals surface area contributed by atoms with Gasteiger partial charge in [-0.2, -0.15) is 0 Å². The maximum absolute atomic E-state index is 6.03. The molecule has 0 radical (unpaired) electrons. The minimum atomic E-state index is 0.460. The van der Waals surface area contributed by atoms with Gasteiger partial charge in [0.2, 0.25) is 0 Å². The molecular weight excluding hydrogens is 212 g/mol. The molecule has 0 aromatic heterocycles. The first-order chi connectivity index (χ1) is 8.12. The van der Waals surface area contributed by atoms with Gasteiger partial charge in [0, 0.05) is 25.7 Å². The van der Waals surface area contributed by atoms with Gasteiger partial charge in [0.25, 0.3) is 0 Å². The molecule has 2 unspecified atom stereocenters. The molecule has 0 aromatic carbocycles. The number of hydrogen-bond donors (Lipinski definition) is 1. The number of hydrogen-bond acceptors (Lipinski definition) is 3. The summed E-state index contributed by atoms with van der Waals surface area (Å²) < 4.78 is 5.63. The molecule has 3 heteroatoms. The van der Waals surface area contributed by atoms with Gasteiger partial charge in [-0.25, -0.2) is 0 Å². The van der Waals surface area contributed by atoms with Crippen molar-refractivity contribution in [2.45, 2.75) is 45.6 Å². The Labute approximate surface area is 106 Å². The van der Waals surface area contributed by atoms with Crippen molar-refractivity contribution >= 4 is 0 Å². The van der Waals surface area contributed by atoms with Crippen LogP contribution in [0.15, 0.2) is 0 Å². The van der Waals surface area contributed by atoms with Crippen molar-refractivity contribution in [2.24, 2.45) is 17.1 Å². The molecule has 2 aliphatic heterocycles. The molecule has 0 bridgehead atoms. The maximum atomic E-state index is 6.03. The van der Waals surface area contributed by atoms with E-state index in [2.05, 4.69) is 18.7 Å². The number of piperidine rings is 1. The summed E-state index contributed by atoms with van der Waals surface area (Å²) in [6.07, 6.45) is 5.16. The minimum absolute atomic E-state index is 0.460. The van der Waals surface area contributed by atoms with Crippen LogP contribution in [0.25, 0.3) is 0 Å². The van der Waals surface area contributed by atoms with Gasteiger partial charge in [-0.15, -0.1) is 0 Å². The average Bonchev–Trinajstić information content (AvgIpc) is 2.30. The third-order valence-electron chi connectivity index (χ3n) is 4.38. The molecule has 2 atom stereocenters. The normalized spacial score (nSPS) is 32.3. The van der Waals surface area contributed by atoms with Gasteiger partial charge in [0.1, 0.15) is 0 Å². The summed E-state index contributed by atoms with van der Waals surface area (Å²) in [6.45, 7) is 9.82. The van der Waals surface area contributed by atoms with Gasteiger partial charge in [0.05, 0.1) is 6.61 Å². The van der Waals surface area contributed by atoms with Crippen LogP contribution in [0.1, 0.15) is 39.5 Å². The zero-order chi connectivity index (χ0) is 12.3. The van der Waals surface area contributed by atoms with Crippen molar-refractivity contribution in [3.63, 3.8) is 0 Å². The summed E-state index contributed by atoms with van der Waals surface area (Å²) in [4.78, 5) is 2.63. The van der Waals surface area contributed by atoms with Gasteiger partial charge in [-0.3, -0.25) is 4.90 Å². The molecule has 2 aliphatic rings. The van der Waals surface area contributed by atoms with E-state index in [0.29, 0.717) is 17.4 Å². The van der Waals surface area contributed by atoms with Crippen LogP contribution >= 0.6 is 0 Å². The van der Waals surface area contributed by atoms with Gasteiger partial charge in [0.15, 0.2) is 0 Å². The highest BCUT2D eigenvalue weighted by atomic mass is 16.5. The molecule has 17 heavy (non-hydrogen) atoms. The predicted molar refractivity (Wildman–Crippen MR) is 71.0 cm³/mol. The van der Waals surface area contributed by atoms with Gasteiger partial charge in [-0.1, -0.05) is 13.8 Å². The SMILES string of the molecule is CC1(C)CCCN(C(CN)C2CCCOC2)C1. The lowest BCUT2D eigenvalue weighted by Crippen LogP contribution is -2.53. The lowest BCUT2D eigenvalue weighted by molar-refractivity contribution is -0.0101. The zero-order valence-corrected chi connectivity index (χ0v) is 11.5. The lowest BCUT2D eigenvalue weighted by atomic mass is 9.82. The highest BCUT2D eigenvalue weighted by Gasteiger charge is 2.34. The summed E-state index contributed by atoms with van der Waals surface area (Å²) in [7, 11) is 0. The van der Waals surface area contributed by atoms with Crippen LogP contribution in [-0.4, -0.2) is 43.8 Å². The zero-order valence-electron chi connectivity index (χ0n) is 11.5. The van der Waals surface area contributed by atoms with E-state index in [4.69, 9.17) is 10.5 Å². The van der Waals surface area contributed by atoms with Crippen molar-refractivity contribution in [1.82, 2.24) is 4.90 Å². The number of ether oxygens (including phenoxy) is 1. The Kier molecular flexibility index (Phi) is 4.45. The number of nitrogens with two attached hydrogens (primary N) is 1. The number of rotatable bonds is 3. The molecule has 0 spiro atoms. The largest absolute Gasteiger partial charge is 0.381 e. The molecule has 0 aromatic rings. The Morgan fingerprint density at radius 1 is 1.41 bits per heavy atom. The van der Waals surface area contributed by atoms with E-state index in [-0.39, 0.29) is 0 Å². The van der Waals surface area contributed by atoms with Crippen molar-refractivity contribution in [3.05, 3.63) is 0 Å². The van der Waals surface area contributed by atoms with Crippen molar-refractivity contribution in [1.29, 1.82) is 0 Å². The Bertz CT molecular complexity index is 236. The molecule has 0 aliphatic carbocycles. The van der Waals surface area contributed by atoms with E-state index < -0.39 is 0 Å². The van der Waals surface area contributed by atoms with E-state index >= 15 is 0 Å². The fourth-order valence-corrected chi connectivity index (χ4v) is 3.46. The third-order valence-corrected chi connectivity index (χ3v) is 4.38. The topological polar surface area (TPSA) is 38.5 Å². The van der Waals surface area contributed by atoms with Crippen molar-refractivity contribution < 1.29 is 4.74 Å². The van der Waals surface area contributed by atoms with Crippen LogP contribution in [0.5, 0.6) is 0 Å². The fraction of sp³-hybridized carbons (Fsp3) is 1.00. The van der Waals surface area contributed by atoms with Crippen LogP contribution in [0.3, 0.4) is 0 Å². The number of nitrogens with zero attached hydrogens (tertiary/aromatic N) is 1. The first-order valence-electron chi connectivity index (χ1n) is 7.14. The molecule has 2 saturated heterocycles. The Morgan fingerprint density at radius 2 is 2.24 bits per heavy atom. The van der Waals surface area contributed by atoms with E-state index in [1.165, 1.54) is 38.8 Å². The molecule has 3 nitrogen and oxygen atoms in total. The van der Waals surface area contributed by atoms with Crippen LogP contribution in [0, 0.1) is 11.3 Å². The standard InChI is InChI=1S/C14H28N2O/c1-14(2)6-4-7-16(11-14)13(9-15)12-5-3-8-17-10-12/h12-13H,3-11,15H2,1-2H3. The molecule has 100 valence electrons. The molecule has 0 amide bonds. The van der Waals surface area contributed by atoms with Crippen LogP contribution < -0.4 is 5.73 Å². The lowest BCUT2D eigenvalue weighted by Gasteiger charge is -2.45. The van der Waals surface area contributed by atoms with E-state index in [1.807, 2.05) is 0 Å². The predicted octanol–water partition coefficient (Wildman–Crippen LogP) is 1.86. The second kappa shape index (κ2) is 5.68. The van der Waals surface area contributed by atoms with Gasteiger partial charge >= 0.3 is 0 Å². The minimum Gasteiger partial charge on any atom is -0.381 e. The second-order valence-corrected chi connectivity index (χ2v) is 6.52. The third kappa shape index (κ3) is 3.43. The monoisotopic (exact) mass is 240 g/mol. The summed E-state index contributed by atoms with van der Waals surface area (Å²) >= 11 is 0. The van der Waals surface area contributed by atoms with Crippen LogP contribution in [0.4, 0.5) is 0 Å². The highest BCUT2D eigenvalue weighted by Crippen LogP contribution is 2.32.